The van der Waals surface area contributed by atoms with Crippen molar-refractivity contribution < 1.29 is 9.60 Å². The number of piperidine rings is 1. The summed E-state index contributed by atoms with van der Waals surface area (Å²) < 4.78 is 0. The van der Waals surface area contributed by atoms with Gasteiger partial charge in [0.15, 0.2) is 0 Å². The quantitative estimate of drug-likeness (QED) is 0.573. The van der Waals surface area contributed by atoms with Gasteiger partial charge in [-0.3, -0.25) is 0 Å². The lowest BCUT2D eigenvalue weighted by molar-refractivity contribution is -0.906. The molecule has 0 saturated carbocycles. The summed E-state index contributed by atoms with van der Waals surface area (Å²) in [6, 6.07) is 0. The van der Waals surface area contributed by atoms with Crippen molar-refractivity contribution >= 4 is 0 Å². The molecule has 0 unspecified atom stereocenters. The van der Waals surface area contributed by atoms with Gasteiger partial charge in [0.2, 0.25) is 0 Å². The first-order chi connectivity index (χ1) is 8.36. The van der Waals surface area contributed by atoms with Crippen LogP contribution in [-0.2, 0) is 0 Å². The third-order valence-corrected chi connectivity index (χ3v) is 4.52. The largest absolute Gasteiger partial charge is 1.00 e. The molecule has 0 atom stereocenters. The van der Waals surface area contributed by atoms with Gasteiger partial charge in [0.25, 0.3) is 0 Å². The van der Waals surface area contributed by atoms with E-state index < -0.39 is 0 Å². The second-order valence-corrected chi connectivity index (χ2v) is 5.97. The van der Waals surface area contributed by atoms with E-state index in [4.69, 9.17) is 0 Å². The fourth-order valence-electron chi connectivity index (χ4n) is 3.08. The van der Waals surface area contributed by atoms with Crippen LogP contribution in [0.3, 0.4) is 0 Å². The summed E-state index contributed by atoms with van der Waals surface area (Å²) in [5.41, 5.74) is 0. The number of likely N-dealkylation sites (tertiary alicyclic amines) is 1. The van der Waals surface area contributed by atoms with Gasteiger partial charge in [0.1, 0.15) is 0 Å². The summed E-state index contributed by atoms with van der Waals surface area (Å²) >= 11 is 0. The Hall–Kier alpha value is -0.110. The molecule has 2 heteroatoms. The van der Waals surface area contributed by atoms with Gasteiger partial charge in [-0.15, -0.1) is 0 Å². The van der Waals surface area contributed by atoms with Gasteiger partial charge < -0.3 is 9.60 Å². The van der Waals surface area contributed by atoms with Crippen LogP contribution in [0.2, 0.25) is 0 Å². The SMILES string of the molecule is CCCCCCCCC[NH+]1CCC(CC)CC1.[F-]. The molecular formula is C16H34FN. The second kappa shape index (κ2) is 12.0. The van der Waals surface area contributed by atoms with Gasteiger partial charge >= 0.3 is 0 Å². The average Bonchev–Trinajstić information content (AvgIpc) is 2.38. The van der Waals surface area contributed by atoms with E-state index in [2.05, 4.69) is 13.8 Å². The molecule has 1 aliphatic heterocycles. The molecular weight excluding hydrogens is 225 g/mol. The Balaban J connectivity index is 0.00000289. The van der Waals surface area contributed by atoms with Crippen LogP contribution in [0.15, 0.2) is 0 Å². The fraction of sp³-hybridized carbons (Fsp3) is 1.00. The molecule has 0 radical (unpaired) electrons. The van der Waals surface area contributed by atoms with E-state index in [0.29, 0.717) is 0 Å². The number of quaternary nitrogens is 1. The molecule has 0 aliphatic carbocycles. The van der Waals surface area contributed by atoms with Gasteiger partial charge in [0.05, 0.1) is 19.6 Å². The maximum absolute atomic E-state index is 2.35. The number of hydrogen-bond acceptors (Lipinski definition) is 0. The molecule has 0 amide bonds. The highest BCUT2D eigenvalue weighted by atomic mass is 19.0. The van der Waals surface area contributed by atoms with E-state index in [0.717, 1.165) is 5.92 Å². The third kappa shape index (κ3) is 8.07. The van der Waals surface area contributed by atoms with Crippen LogP contribution >= 0.6 is 0 Å². The molecule has 1 N–H and O–H groups in total. The Kier molecular flexibility index (Phi) is 11.9. The molecule has 1 fully saturated rings. The van der Waals surface area contributed by atoms with Crippen LogP contribution in [0.4, 0.5) is 0 Å². The molecule has 110 valence electrons. The van der Waals surface area contributed by atoms with Gasteiger partial charge in [-0.25, -0.2) is 0 Å². The van der Waals surface area contributed by atoms with Crippen molar-refractivity contribution in [3.05, 3.63) is 0 Å². The zero-order valence-electron chi connectivity index (χ0n) is 12.6. The van der Waals surface area contributed by atoms with Crippen molar-refractivity contribution in [3.8, 4) is 0 Å². The van der Waals surface area contributed by atoms with Crippen molar-refractivity contribution in [2.24, 2.45) is 5.92 Å². The monoisotopic (exact) mass is 259 g/mol. The van der Waals surface area contributed by atoms with E-state index in [1.165, 1.54) is 83.8 Å². The van der Waals surface area contributed by atoms with Crippen LogP contribution in [-0.4, -0.2) is 19.6 Å². The number of rotatable bonds is 9. The standard InChI is InChI=1S/C16H33N.FH/c1-3-5-6-7-8-9-10-13-17-14-11-16(4-2)12-15-17;/h16H,3-15H2,1-2H3;1H. The van der Waals surface area contributed by atoms with Gasteiger partial charge in [0, 0.05) is 0 Å². The van der Waals surface area contributed by atoms with Crippen LogP contribution in [0.5, 0.6) is 0 Å². The van der Waals surface area contributed by atoms with Gasteiger partial charge in [-0.2, -0.15) is 0 Å². The number of hydrogen-bond donors (Lipinski definition) is 1. The first kappa shape index (κ1) is 17.9. The van der Waals surface area contributed by atoms with E-state index in [9.17, 15) is 0 Å². The summed E-state index contributed by atoms with van der Waals surface area (Å²) in [5.74, 6) is 1.05. The molecule has 0 bridgehead atoms. The highest BCUT2D eigenvalue weighted by Crippen LogP contribution is 2.13. The number of nitrogens with one attached hydrogen (secondary N) is 1. The predicted octanol–water partition coefficient (Wildman–Crippen LogP) is 0.446. The lowest BCUT2D eigenvalue weighted by Gasteiger charge is -2.28. The van der Waals surface area contributed by atoms with E-state index >= 15 is 0 Å². The summed E-state index contributed by atoms with van der Waals surface area (Å²) in [5, 5.41) is 0. The Morgan fingerprint density at radius 2 is 1.39 bits per heavy atom. The van der Waals surface area contributed by atoms with Crippen LogP contribution in [0.25, 0.3) is 0 Å². The molecule has 1 nitrogen and oxygen atoms in total. The van der Waals surface area contributed by atoms with Crippen molar-refractivity contribution in [1.29, 1.82) is 0 Å². The molecule has 1 rings (SSSR count). The lowest BCUT2D eigenvalue weighted by Crippen LogP contribution is -3.13. The summed E-state index contributed by atoms with van der Waals surface area (Å²) in [4.78, 5) is 1.89. The highest BCUT2D eigenvalue weighted by molar-refractivity contribution is 4.59. The minimum absolute atomic E-state index is 0. The van der Waals surface area contributed by atoms with Crippen molar-refractivity contribution in [3.63, 3.8) is 0 Å². The van der Waals surface area contributed by atoms with Crippen LogP contribution in [0.1, 0.15) is 78.1 Å². The van der Waals surface area contributed by atoms with Gasteiger partial charge in [-0.1, -0.05) is 52.4 Å². The molecule has 0 aromatic rings. The average molecular weight is 259 g/mol. The van der Waals surface area contributed by atoms with E-state index in [1.807, 2.05) is 4.90 Å². The van der Waals surface area contributed by atoms with Crippen molar-refractivity contribution in [2.75, 3.05) is 19.6 Å². The normalized spacial score (nSPS) is 23.7. The summed E-state index contributed by atoms with van der Waals surface area (Å²) in [6.07, 6.45) is 14.6. The first-order valence-electron chi connectivity index (χ1n) is 8.20. The van der Waals surface area contributed by atoms with Crippen molar-refractivity contribution in [2.45, 2.75) is 78.1 Å². The predicted molar refractivity (Wildman–Crippen MR) is 76.6 cm³/mol. The Labute approximate surface area is 114 Å². The van der Waals surface area contributed by atoms with Crippen molar-refractivity contribution in [1.82, 2.24) is 0 Å². The molecule has 1 heterocycles. The second-order valence-electron chi connectivity index (χ2n) is 5.97. The van der Waals surface area contributed by atoms with Crippen LogP contribution < -0.4 is 9.60 Å². The minimum Gasteiger partial charge on any atom is -1.00 e. The first-order valence-corrected chi connectivity index (χ1v) is 8.20. The third-order valence-electron chi connectivity index (χ3n) is 4.52. The maximum atomic E-state index is 2.35. The van der Waals surface area contributed by atoms with E-state index in [-0.39, 0.29) is 4.70 Å². The summed E-state index contributed by atoms with van der Waals surface area (Å²) in [7, 11) is 0. The topological polar surface area (TPSA) is 4.44 Å². The molecule has 1 saturated heterocycles. The Bertz CT molecular complexity index is 164. The Morgan fingerprint density at radius 3 is 1.94 bits per heavy atom. The summed E-state index contributed by atoms with van der Waals surface area (Å²) in [6.45, 7) is 9.00. The van der Waals surface area contributed by atoms with E-state index in [1.54, 1.807) is 0 Å². The minimum atomic E-state index is 0. The van der Waals surface area contributed by atoms with Crippen LogP contribution in [0, 0.1) is 5.92 Å². The van der Waals surface area contributed by atoms with Gasteiger partial charge in [-0.05, 0) is 31.6 Å². The molecule has 0 aromatic heterocycles. The number of halogens is 1. The smallest absolute Gasteiger partial charge is 0.0773 e. The Morgan fingerprint density at radius 1 is 0.833 bits per heavy atom. The molecule has 18 heavy (non-hydrogen) atoms. The molecule has 0 spiro atoms. The molecule has 0 aromatic carbocycles. The zero-order chi connectivity index (χ0) is 12.3. The zero-order valence-corrected chi connectivity index (χ0v) is 12.6. The molecule has 1 aliphatic rings. The fourth-order valence-corrected chi connectivity index (χ4v) is 3.08. The maximum Gasteiger partial charge on any atom is 0.0773 e. The number of unbranched alkanes of at least 4 members (excludes halogenated alkanes) is 6. The lowest BCUT2D eigenvalue weighted by atomic mass is 9.94. The highest BCUT2D eigenvalue weighted by Gasteiger charge is 2.19.